The molecule has 2 N–H and O–H groups in total. The highest BCUT2D eigenvalue weighted by molar-refractivity contribution is 6.05. The first-order valence-corrected chi connectivity index (χ1v) is 6.69. The summed E-state index contributed by atoms with van der Waals surface area (Å²) in [5.41, 5.74) is 12.8. The van der Waals surface area contributed by atoms with Gasteiger partial charge in [0.15, 0.2) is 5.78 Å². The van der Waals surface area contributed by atoms with Crippen LogP contribution in [0.4, 0.5) is 5.69 Å². The Morgan fingerprint density at radius 3 is 2.79 bits per heavy atom. The van der Waals surface area contributed by atoms with Gasteiger partial charge < -0.3 is 5.73 Å². The van der Waals surface area contributed by atoms with Crippen LogP contribution >= 0.6 is 0 Å². The Bertz CT molecular complexity index is 717. The Kier molecular flexibility index (Phi) is 1.97. The average Bonchev–Trinajstić information content (AvgIpc) is 2.94. The summed E-state index contributed by atoms with van der Waals surface area (Å²) in [7, 11) is 0. The van der Waals surface area contributed by atoms with Crippen LogP contribution < -0.4 is 5.73 Å². The molecule has 2 aromatic carbocycles. The molecule has 0 aromatic heterocycles. The molecular formula is C17H15NO. The van der Waals surface area contributed by atoms with Crippen LogP contribution in [0.15, 0.2) is 36.4 Å². The van der Waals surface area contributed by atoms with E-state index in [9.17, 15) is 4.79 Å². The number of carbonyl (C=O) groups excluding carboxylic acids is 1. The van der Waals surface area contributed by atoms with Gasteiger partial charge in [-0.15, -0.1) is 0 Å². The monoisotopic (exact) mass is 249 g/mol. The standard InChI is InChI=1S/C17H15NO/c1-9-6-7-14(18)12-8-13-16(15(9)12)10-4-2-3-5-11(10)17(13)19/h2-7,13,16H,8,18H2,1H3. The van der Waals surface area contributed by atoms with Gasteiger partial charge in [0.25, 0.3) is 0 Å². The van der Waals surface area contributed by atoms with Gasteiger partial charge in [-0.3, -0.25) is 4.79 Å². The minimum atomic E-state index is 0.0656. The molecule has 2 nitrogen and oxygen atoms in total. The van der Waals surface area contributed by atoms with Gasteiger partial charge in [0.1, 0.15) is 0 Å². The number of nitrogen functional groups attached to an aromatic ring is 1. The zero-order valence-corrected chi connectivity index (χ0v) is 10.8. The van der Waals surface area contributed by atoms with Gasteiger partial charge in [0.2, 0.25) is 0 Å². The fourth-order valence-corrected chi connectivity index (χ4v) is 3.81. The number of aryl methyl sites for hydroxylation is 1. The van der Waals surface area contributed by atoms with Crippen molar-refractivity contribution in [3.05, 3.63) is 64.2 Å². The number of anilines is 1. The van der Waals surface area contributed by atoms with Gasteiger partial charge in [0.05, 0.1) is 0 Å². The average molecular weight is 249 g/mol. The van der Waals surface area contributed by atoms with Crippen molar-refractivity contribution in [2.75, 3.05) is 5.73 Å². The normalized spacial score (nSPS) is 23.1. The van der Waals surface area contributed by atoms with Crippen LogP contribution in [0.25, 0.3) is 0 Å². The smallest absolute Gasteiger partial charge is 0.167 e. The van der Waals surface area contributed by atoms with E-state index >= 15 is 0 Å². The number of ketones is 1. The van der Waals surface area contributed by atoms with Crippen molar-refractivity contribution in [2.45, 2.75) is 19.3 Å². The number of hydrogen-bond acceptors (Lipinski definition) is 2. The molecule has 2 aliphatic rings. The predicted molar refractivity (Wildman–Crippen MR) is 75.4 cm³/mol. The molecule has 0 aliphatic heterocycles. The van der Waals surface area contributed by atoms with Crippen LogP contribution in [0.5, 0.6) is 0 Å². The lowest BCUT2D eigenvalue weighted by molar-refractivity contribution is 0.0935. The predicted octanol–water partition coefficient (Wildman–Crippen LogP) is 3.08. The van der Waals surface area contributed by atoms with Crippen LogP contribution in [0.2, 0.25) is 0 Å². The molecule has 0 amide bonds. The Balaban J connectivity index is 2.02. The van der Waals surface area contributed by atoms with Crippen molar-refractivity contribution in [1.29, 1.82) is 0 Å². The molecule has 2 aromatic rings. The fourth-order valence-electron chi connectivity index (χ4n) is 3.81. The minimum absolute atomic E-state index is 0.0656. The molecule has 2 atom stereocenters. The third kappa shape index (κ3) is 1.24. The summed E-state index contributed by atoms with van der Waals surface area (Å²) in [6, 6.07) is 12.1. The molecular weight excluding hydrogens is 234 g/mol. The summed E-state index contributed by atoms with van der Waals surface area (Å²) in [6.45, 7) is 2.12. The maximum atomic E-state index is 12.5. The van der Waals surface area contributed by atoms with E-state index in [2.05, 4.69) is 19.1 Å². The van der Waals surface area contributed by atoms with E-state index in [0.717, 1.165) is 17.7 Å². The Morgan fingerprint density at radius 2 is 1.95 bits per heavy atom. The van der Waals surface area contributed by atoms with Gasteiger partial charge in [-0.25, -0.2) is 0 Å². The van der Waals surface area contributed by atoms with E-state index < -0.39 is 0 Å². The SMILES string of the molecule is Cc1ccc(N)c2c1C1c3ccccc3C(=O)C1C2. The largest absolute Gasteiger partial charge is 0.398 e. The maximum absolute atomic E-state index is 12.5. The number of hydrogen-bond donors (Lipinski definition) is 1. The van der Waals surface area contributed by atoms with Crippen molar-refractivity contribution in [2.24, 2.45) is 5.92 Å². The molecule has 2 heteroatoms. The van der Waals surface area contributed by atoms with Crippen LogP contribution in [0.1, 0.15) is 38.5 Å². The number of nitrogens with two attached hydrogens (primary N) is 1. The highest BCUT2D eigenvalue weighted by Gasteiger charge is 2.46. The van der Waals surface area contributed by atoms with E-state index in [1.54, 1.807) is 0 Å². The summed E-state index contributed by atoms with van der Waals surface area (Å²) in [5, 5.41) is 0. The van der Waals surface area contributed by atoms with Crippen molar-refractivity contribution in [3.8, 4) is 0 Å². The fraction of sp³-hybridized carbons (Fsp3) is 0.235. The Hall–Kier alpha value is -2.09. The number of rotatable bonds is 0. The molecule has 0 bridgehead atoms. The van der Waals surface area contributed by atoms with Gasteiger partial charge in [-0.2, -0.15) is 0 Å². The van der Waals surface area contributed by atoms with Crippen molar-refractivity contribution in [3.63, 3.8) is 0 Å². The van der Waals surface area contributed by atoms with E-state index in [1.807, 2.05) is 24.3 Å². The molecule has 19 heavy (non-hydrogen) atoms. The number of Topliss-reactive ketones (excluding diaryl/α,β-unsaturated/α-hetero) is 1. The number of fused-ring (bicyclic) bond motifs is 5. The first kappa shape index (κ1) is 10.8. The molecule has 4 rings (SSSR count). The zero-order chi connectivity index (χ0) is 13.1. The van der Waals surface area contributed by atoms with Crippen LogP contribution in [-0.4, -0.2) is 5.78 Å². The lowest BCUT2D eigenvalue weighted by Crippen LogP contribution is -2.10. The van der Waals surface area contributed by atoms with Crippen LogP contribution in [0.3, 0.4) is 0 Å². The maximum Gasteiger partial charge on any atom is 0.167 e. The molecule has 2 unspecified atom stereocenters. The molecule has 0 radical (unpaired) electrons. The van der Waals surface area contributed by atoms with Gasteiger partial charge in [-0.1, -0.05) is 30.3 Å². The minimum Gasteiger partial charge on any atom is -0.398 e. The Labute approximate surface area is 112 Å². The van der Waals surface area contributed by atoms with Crippen molar-refractivity contribution < 1.29 is 4.79 Å². The zero-order valence-electron chi connectivity index (χ0n) is 10.8. The lowest BCUT2D eigenvalue weighted by Gasteiger charge is -2.14. The molecule has 94 valence electrons. The summed E-state index contributed by atoms with van der Waals surface area (Å²) in [4.78, 5) is 12.5. The number of carbonyl (C=O) groups is 1. The second-order valence-corrected chi connectivity index (χ2v) is 5.60. The molecule has 2 aliphatic carbocycles. The van der Waals surface area contributed by atoms with E-state index in [-0.39, 0.29) is 17.6 Å². The van der Waals surface area contributed by atoms with Crippen LogP contribution in [0, 0.1) is 12.8 Å². The summed E-state index contributed by atoms with van der Waals surface area (Å²) >= 11 is 0. The van der Waals surface area contributed by atoms with Crippen molar-refractivity contribution >= 4 is 11.5 Å². The highest BCUT2D eigenvalue weighted by atomic mass is 16.1. The first-order valence-electron chi connectivity index (χ1n) is 6.69. The van der Waals surface area contributed by atoms with Crippen molar-refractivity contribution in [1.82, 2.24) is 0 Å². The molecule has 0 saturated carbocycles. The summed E-state index contributed by atoms with van der Waals surface area (Å²) in [6.07, 6.45) is 0.793. The quantitative estimate of drug-likeness (QED) is 0.729. The summed E-state index contributed by atoms with van der Waals surface area (Å²) < 4.78 is 0. The summed E-state index contributed by atoms with van der Waals surface area (Å²) in [5.74, 6) is 0.577. The van der Waals surface area contributed by atoms with Gasteiger partial charge in [0, 0.05) is 23.1 Å². The second-order valence-electron chi connectivity index (χ2n) is 5.60. The van der Waals surface area contributed by atoms with Gasteiger partial charge >= 0.3 is 0 Å². The molecule has 0 saturated heterocycles. The van der Waals surface area contributed by atoms with Gasteiger partial charge in [-0.05, 0) is 41.7 Å². The lowest BCUT2D eigenvalue weighted by atomic mass is 9.89. The van der Waals surface area contributed by atoms with E-state index in [1.165, 1.54) is 22.3 Å². The molecule has 0 heterocycles. The molecule has 0 spiro atoms. The van der Waals surface area contributed by atoms with E-state index in [0.29, 0.717) is 0 Å². The third-order valence-electron chi connectivity index (χ3n) is 4.65. The number of benzene rings is 2. The van der Waals surface area contributed by atoms with Crippen LogP contribution in [-0.2, 0) is 6.42 Å². The van der Waals surface area contributed by atoms with E-state index in [4.69, 9.17) is 5.73 Å². The third-order valence-corrected chi connectivity index (χ3v) is 4.65. The Morgan fingerprint density at radius 1 is 1.16 bits per heavy atom. The molecule has 0 fully saturated rings. The topological polar surface area (TPSA) is 43.1 Å². The first-order chi connectivity index (χ1) is 9.18. The second kappa shape index (κ2) is 3.47. The highest BCUT2D eigenvalue weighted by Crippen LogP contribution is 2.52.